The Labute approximate surface area is 157 Å². The van der Waals surface area contributed by atoms with Gasteiger partial charge in [0.2, 0.25) is 0 Å². The number of rotatable bonds is 3. The number of aromatic hydroxyl groups is 1. The number of carbonyl (C=O) groups excluding carboxylic acids is 1. The van der Waals surface area contributed by atoms with Crippen molar-refractivity contribution in [3.63, 3.8) is 0 Å². The van der Waals surface area contributed by atoms with Gasteiger partial charge in [0.15, 0.2) is 5.75 Å². The third-order valence-corrected chi connectivity index (χ3v) is 5.10. The van der Waals surface area contributed by atoms with Crippen molar-refractivity contribution in [1.82, 2.24) is 4.90 Å². The van der Waals surface area contributed by atoms with Crippen molar-refractivity contribution in [1.29, 1.82) is 0 Å². The Hall–Kier alpha value is -1.75. The van der Waals surface area contributed by atoms with Crippen LogP contribution in [0.5, 0.6) is 5.75 Å². The number of nitrogens with zero attached hydrogens (tertiary/aromatic N) is 1. The van der Waals surface area contributed by atoms with Crippen LogP contribution in [0.1, 0.15) is 34.7 Å². The van der Waals surface area contributed by atoms with Crippen LogP contribution in [0.2, 0.25) is 10.0 Å². The van der Waals surface area contributed by atoms with E-state index in [1.165, 1.54) is 24.1 Å². The Balaban J connectivity index is 1.77. The molecular weight excluding hydrogens is 359 g/mol. The molecule has 0 radical (unpaired) electrons. The van der Waals surface area contributed by atoms with E-state index in [1.54, 1.807) is 6.07 Å². The van der Waals surface area contributed by atoms with Gasteiger partial charge in [0.1, 0.15) is 0 Å². The molecule has 6 heteroatoms. The third-order valence-electron chi connectivity index (χ3n) is 4.52. The third kappa shape index (κ3) is 4.27. The van der Waals surface area contributed by atoms with Gasteiger partial charge in [0.05, 0.1) is 10.0 Å². The minimum absolute atomic E-state index is 0.0989. The first-order valence-corrected chi connectivity index (χ1v) is 8.97. The normalized spacial score (nSPS) is 18.1. The average Bonchev–Trinajstić information content (AvgIpc) is 2.59. The molecule has 132 valence electrons. The first-order valence-electron chi connectivity index (χ1n) is 8.22. The maximum Gasteiger partial charge on any atom is 0.255 e. The van der Waals surface area contributed by atoms with E-state index >= 15 is 0 Å². The lowest BCUT2D eigenvalue weighted by Gasteiger charge is -2.30. The topological polar surface area (TPSA) is 52.6 Å². The van der Waals surface area contributed by atoms with Crippen molar-refractivity contribution in [2.45, 2.75) is 18.8 Å². The fourth-order valence-electron chi connectivity index (χ4n) is 3.21. The van der Waals surface area contributed by atoms with E-state index < -0.39 is 0 Å². The molecule has 2 N–H and O–H groups in total. The van der Waals surface area contributed by atoms with Crippen LogP contribution in [0.25, 0.3) is 0 Å². The number of likely N-dealkylation sites (N-methyl/N-ethyl adjacent to an activating group) is 1. The highest BCUT2D eigenvalue weighted by Gasteiger charge is 2.20. The fourth-order valence-corrected chi connectivity index (χ4v) is 3.70. The van der Waals surface area contributed by atoms with Gasteiger partial charge in [0, 0.05) is 17.8 Å². The van der Waals surface area contributed by atoms with Crippen LogP contribution < -0.4 is 5.32 Å². The average molecular weight is 379 g/mol. The number of phenols is 1. The molecule has 1 unspecified atom stereocenters. The number of likely N-dealkylation sites (tertiary alicyclic amines) is 1. The zero-order valence-corrected chi connectivity index (χ0v) is 15.4. The second kappa shape index (κ2) is 7.65. The quantitative estimate of drug-likeness (QED) is 0.756. The van der Waals surface area contributed by atoms with Crippen molar-refractivity contribution in [3.05, 3.63) is 57.6 Å². The molecule has 1 aliphatic heterocycles. The van der Waals surface area contributed by atoms with E-state index in [-0.39, 0.29) is 21.7 Å². The van der Waals surface area contributed by atoms with Gasteiger partial charge in [-0.15, -0.1) is 0 Å². The van der Waals surface area contributed by atoms with Crippen LogP contribution >= 0.6 is 23.2 Å². The molecule has 1 heterocycles. The van der Waals surface area contributed by atoms with E-state index in [2.05, 4.69) is 23.3 Å². The van der Waals surface area contributed by atoms with Crippen molar-refractivity contribution >= 4 is 34.8 Å². The summed E-state index contributed by atoms with van der Waals surface area (Å²) in [6, 6.07) is 10.7. The number of hydrogen-bond donors (Lipinski definition) is 2. The number of phenolic OH excluding ortho intramolecular Hbond substituents is 1. The van der Waals surface area contributed by atoms with E-state index in [4.69, 9.17) is 23.2 Å². The molecule has 0 spiro atoms. The summed E-state index contributed by atoms with van der Waals surface area (Å²) < 4.78 is 0. The summed E-state index contributed by atoms with van der Waals surface area (Å²) in [7, 11) is 2.13. The number of nitrogens with one attached hydrogen (secondary N) is 1. The van der Waals surface area contributed by atoms with Gasteiger partial charge in [-0.05, 0) is 62.2 Å². The van der Waals surface area contributed by atoms with Gasteiger partial charge in [-0.3, -0.25) is 4.79 Å². The van der Waals surface area contributed by atoms with Crippen LogP contribution in [0.15, 0.2) is 36.4 Å². The molecule has 0 aliphatic carbocycles. The monoisotopic (exact) mass is 378 g/mol. The van der Waals surface area contributed by atoms with Gasteiger partial charge in [-0.25, -0.2) is 0 Å². The first-order chi connectivity index (χ1) is 11.9. The van der Waals surface area contributed by atoms with Crippen LogP contribution in [0.3, 0.4) is 0 Å². The molecule has 1 amide bonds. The molecule has 1 atom stereocenters. The molecule has 2 aromatic carbocycles. The lowest BCUT2D eigenvalue weighted by atomic mass is 9.90. The Kier molecular flexibility index (Phi) is 5.52. The maximum absolute atomic E-state index is 12.6. The molecule has 25 heavy (non-hydrogen) atoms. The molecule has 1 aliphatic rings. The molecule has 3 rings (SSSR count). The standard InChI is InChI=1S/C19H20Cl2N2O2/c1-23-7-3-6-14(11-23)12-4-2-5-13(8-12)19(25)22-15-9-16(20)18(24)17(21)10-15/h2,4-5,8-10,14,24H,3,6-7,11H2,1H3,(H,22,25). The number of hydrogen-bond acceptors (Lipinski definition) is 3. The summed E-state index contributed by atoms with van der Waals surface area (Å²) in [5.41, 5.74) is 2.22. The second-order valence-corrected chi connectivity index (χ2v) is 7.28. The largest absolute Gasteiger partial charge is 0.505 e. The summed E-state index contributed by atoms with van der Waals surface area (Å²) in [6.45, 7) is 2.13. The van der Waals surface area contributed by atoms with Gasteiger partial charge in [-0.1, -0.05) is 35.3 Å². The number of piperidine rings is 1. The number of halogens is 2. The summed E-state index contributed by atoms with van der Waals surface area (Å²) in [6.07, 6.45) is 2.31. The van der Waals surface area contributed by atoms with Crippen LogP contribution in [0.4, 0.5) is 5.69 Å². The maximum atomic E-state index is 12.6. The Morgan fingerprint density at radius 3 is 2.64 bits per heavy atom. The first kappa shape index (κ1) is 18.1. The Bertz CT molecular complexity index is 772. The highest BCUT2D eigenvalue weighted by Crippen LogP contribution is 2.35. The molecular formula is C19H20Cl2N2O2. The van der Waals surface area contributed by atoms with Crippen LogP contribution in [-0.4, -0.2) is 36.1 Å². The molecule has 1 fully saturated rings. The molecule has 2 aromatic rings. The van der Waals surface area contributed by atoms with Crippen molar-refractivity contribution in [2.75, 3.05) is 25.5 Å². The highest BCUT2D eigenvalue weighted by atomic mass is 35.5. The molecule has 0 bridgehead atoms. The van der Waals surface area contributed by atoms with Crippen molar-refractivity contribution in [3.8, 4) is 5.75 Å². The van der Waals surface area contributed by atoms with E-state index in [9.17, 15) is 9.90 Å². The van der Waals surface area contributed by atoms with Gasteiger partial charge >= 0.3 is 0 Å². The summed E-state index contributed by atoms with van der Waals surface area (Å²) in [4.78, 5) is 14.9. The smallest absolute Gasteiger partial charge is 0.255 e. The zero-order valence-electron chi connectivity index (χ0n) is 13.9. The summed E-state index contributed by atoms with van der Waals surface area (Å²) in [5.74, 6) is 0.0256. The highest BCUT2D eigenvalue weighted by molar-refractivity contribution is 6.37. The van der Waals surface area contributed by atoms with E-state index in [0.717, 1.165) is 19.5 Å². The number of amides is 1. The molecule has 0 aromatic heterocycles. The fraction of sp³-hybridized carbons (Fsp3) is 0.316. The number of benzene rings is 2. The predicted molar refractivity (Wildman–Crippen MR) is 102 cm³/mol. The zero-order chi connectivity index (χ0) is 18.0. The molecule has 4 nitrogen and oxygen atoms in total. The number of carbonyl (C=O) groups is 1. The second-order valence-electron chi connectivity index (χ2n) is 6.47. The molecule has 0 saturated carbocycles. The lowest BCUT2D eigenvalue weighted by molar-refractivity contribution is 0.102. The lowest BCUT2D eigenvalue weighted by Crippen LogP contribution is -2.30. The minimum atomic E-state index is -0.233. The van der Waals surface area contributed by atoms with E-state index in [1.807, 2.05) is 12.1 Å². The Morgan fingerprint density at radius 2 is 1.96 bits per heavy atom. The van der Waals surface area contributed by atoms with E-state index in [0.29, 0.717) is 17.2 Å². The van der Waals surface area contributed by atoms with Crippen LogP contribution in [-0.2, 0) is 0 Å². The predicted octanol–water partition coefficient (Wildman–Crippen LogP) is 4.76. The van der Waals surface area contributed by atoms with Gasteiger partial charge in [-0.2, -0.15) is 0 Å². The SMILES string of the molecule is CN1CCCC(c2cccc(C(=O)Nc3cc(Cl)c(O)c(Cl)c3)c2)C1. The summed E-state index contributed by atoms with van der Waals surface area (Å²) >= 11 is 11.8. The van der Waals surface area contributed by atoms with Gasteiger partial charge < -0.3 is 15.3 Å². The number of anilines is 1. The van der Waals surface area contributed by atoms with Crippen molar-refractivity contribution < 1.29 is 9.90 Å². The van der Waals surface area contributed by atoms with Crippen LogP contribution in [0, 0.1) is 0 Å². The van der Waals surface area contributed by atoms with Crippen molar-refractivity contribution in [2.24, 2.45) is 0 Å². The Morgan fingerprint density at radius 1 is 1.24 bits per heavy atom. The minimum Gasteiger partial charge on any atom is -0.505 e. The molecule has 1 saturated heterocycles. The summed E-state index contributed by atoms with van der Waals surface area (Å²) in [5, 5.41) is 12.6. The van der Waals surface area contributed by atoms with Gasteiger partial charge in [0.25, 0.3) is 5.91 Å².